The van der Waals surface area contributed by atoms with Crippen molar-refractivity contribution in [3.63, 3.8) is 0 Å². The fourth-order valence-corrected chi connectivity index (χ4v) is 2.78. The molecule has 6 nitrogen and oxygen atoms in total. The van der Waals surface area contributed by atoms with Gasteiger partial charge in [0.15, 0.2) is 0 Å². The maximum absolute atomic E-state index is 12.2. The van der Waals surface area contributed by atoms with Gasteiger partial charge in [-0.25, -0.2) is 14.8 Å². The molecule has 1 aromatic heterocycles. The zero-order valence-electron chi connectivity index (χ0n) is 16.5. The molecule has 0 aliphatic carbocycles. The van der Waals surface area contributed by atoms with E-state index in [2.05, 4.69) is 46.6 Å². The van der Waals surface area contributed by atoms with Crippen LogP contribution in [0, 0.1) is 20.8 Å². The minimum absolute atomic E-state index is 0.323. The lowest BCUT2D eigenvalue weighted by Gasteiger charge is -2.13. The molecule has 1 heterocycles. The highest BCUT2D eigenvalue weighted by molar-refractivity contribution is 5.96. The average Bonchev–Trinajstić information content (AvgIpc) is 2.65. The number of carbonyl (C=O) groups is 1. The fraction of sp³-hybridized carbons (Fsp3) is 0.227. The summed E-state index contributed by atoms with van der Waals surface area (Å²) < 4.78 is 5.13. The normalized spacial score (nSPS) is 10.4. The molecule has 2 aromatic carbocycles. The molecule has 28 heavy (non-hydrogen) atoms. The zero-order valence-corrected chi connectivity index (χ0v) is 16.5. The van der Waals surface area contributed by atoms with Crippen LogP contribution in [0.3, 0.4) is 0 Å². The van der Waals surface area contributed by atoms with Crippen LogP contribution >= 0.6 is 0 Å². The van der Waals surface area contributed by atoms with Crippen LogP contribution in [0.25, 0.3) is 0 Å². The maximum atomic E-state index is 12.2. The van der Waals surface area contributed by atoms with Crippen LogP contribution in [0.1, 0.15) is 34.2 Å². The smallest absolute Gasteiger partial charge is 0.340 e. The highest BCUT2D eigenvalue weighted by atomic mass is 16.5. The quantitative estimate of drug-likeness (QED) is 0.585. The summed E-state index contributed by atoms with van der Waals surface area (Å²) in [5.74, 6) is 1.51. The van der Waals surface area contributed by atoms with Gasteiger partial charge in [-0.15, -0.1) is 0 Å². The Morgan fingerprint density at radius 2 is 1.64 bits per heavy atom. The second-order valence-corrected chi connectivity index (χ2v) is 6.50. The number of benzene rings is 2. The van der Waals surface area contributed by atoms with Gasteiger partial charge in [0.1, 0.15) is 17.5 Å². The van der Waals surface area contributed by atoms with E-state index in [0.717, 1.165) is 5.69 Å². The van der Waals surface area contributed by atoms with Crippen molar-refractivity contribution in [2.24, 2.45) is 0 Å². The van der Waals surface area contributed by atoms with Gasteiger partial charge in [-0.1, -0.05) is 18.2 Å². The second-order valence-electron chi connectivity index (χ2n) is 6.50. The molecular formula is C22H24N4O2. The van der Waals surface area contributed by atoms with E-state index >= 15 is 0 Å². The Hall–Kier alpha value is -3.41. The van der Waals surface area contributed by atoms with Crippen LogP contribution in [0.15, 0.2) is 48.5 Å². The molecule has 144 valence electrons. The predicted molar refractivity (Wildman–Crippen MR) is 112 cm³/mol. The van der Waals surface area contributed by atoms with Gasteiger partial charge in [-0.05, 0) is 63.1 Å². The Morgan fingerprint density at radius 3 is 2.36 bits per heavy atom. The van der Waals surface area contributed by atoms with Crippen molar-refractivity contribution >= 4 is 29.0 Å². The average molecular weight is 376 g/mol. The van der Waals surface area contributed by atoms with E-state index in [9.17, 15) is 4.79 Å². The van der Waals surface area contributed by atoms with Crippen LogP contribution in [0.5, 0.6) is 0 Å². The van der Waals surface area contributed by atoms with Crippen molar-refractivity contribution in [3.8, 4) is 0 Å². The van der Waals surface area contributed by atoms with Gasteiger partial charge in [0.2, 0.25) is 0 Å². The number of nitrogens with zero attached hydrogens (tertiary/aromatic N) is 2. The standard InChI is InChI=1S/C22H24N4O2/c1-5-28-22(27)18-8-6-7-9-19(18)26-21-13-20(23-16(4)24-21)25-17-11-10-14(2)15(3)12-17/h6-13H,5H2,1-4H3,(H2,23,24,25,26). The first-order valence-corrected chi connectivity index (χ1v) is 9.19. The molecule has 0 fully saturated rings. The summed E-state index contributed by atoms with van der Waals surface area (Å²) in [6, 6.07) is 15.2. The third-order valence-corrected chi connectivity index (χ3v) is 4.30. The molecule has 0 atom stereocenters. The molecule has 0 radical (unpaired) electrons. The summed E-state index contributed by atoms with van der Waals surface area (Å²) in [6.45, 7) is 8.09. The number of aryl methyl sites for hydroxylation is 3. The number of hydrogen-bond acceptors (Lipinski definition) is 6. The third kappa shape index (κ3) is 4.65. The van der Waals surface area contributed by atoms with E-state index in [1.165, 1.54) is 11.1 Å². The number of para-hydroxylation sites is 1. The number of rotatable bonds is 6. The van der Waals surface area contributed by atoms with Gasteiger partial charge in [0.25, 0.3) is 0 Å². The predicted octanol–water partition coefficient (Wildman–Crippen LogP) is 5.07. The van der Waals surface area contributed by atoms with E-state index < -0.39 is 0 Å². The number of esters is 1. The number of ether oxygens (including phenoxy) is 1. The molecule has 3 rings (SSSR count). The van der Waals surface area contributed by atoms with Gasteiger partial charge in [-0.3, -0.25) is 0 Å². The molecule has 2 N–H and O–H groups in total. The molecule has 0 saturated carbocycles. The van der Waals surface area contributed by atoms with Gasteiger partial charge in [0, 0.05) is 11.8 Å². The number of hydrogen-bond donors (Lipinski definition) is 2. The van der Waals surface area contributed by atoms with Crippen LogP contribution in [0.2, 0.25) is 0 Å². The highest BCUT2D eigenvalue weighted by Crippen LogP contribution is 2.24. The first-order chi connectivity index (χ1) is 13.5. The van der Waals surface area contributed by atoms with Crippen LogP contribution in [-0.2, 0) is 4.74 Å². The van der Waals surface area contributed by atoms with Crippen LogP contribution in [-0.4, -0.2) is 22.5 Å². The Kier molecular flexibility index (Phi) is 5.89. The molecule has 0 aliphatic rings. The summed E-state index contributed by atoms with van der Waals surface area (Å²) in [5, 5.41) is 6.52. The Labute approximate surface area is 165 Å². The lowest BCUT2D eigenvalue weighted by atomic mass is 10.1. The first kappa shape index (κ1) is 19.4. The van der Waals surface area contributed by atoms with Crippen LogP contribution < -0.4 is 10.6 Å². The van der Waals surface area contributed by atoms with E-state index in [1.807, 2.05) is 31.2 Å². The molecule has 0 spiro atoms. The van der Waals surface area contributed by atoms with Crippen molar-refractivity contribution in [3.05, 3.63) is 71.0 Å². The third-order valence-electron chi connectivity index (χ3n) is 4.30. The Balaban J connectivity index is 1.86. The summed E-state index contributed by atoms with van der Waals surface area (Å²) in [4.78, 5) is 21.1. The van der Waals surface area contributed by atoms with Crippen molar-refractivity contribution in [2.45, 2.75) is 27.7 Å². The molecule has 0 amide bonds. The summed E-state index contributed by atoms with van der Waals surface area (Å²) in [6.07, 6.45) is 0. The lowest BCUT2D eigenvalue weighted by molar-refractivity contribution is 0.0527. The van der Waals surface area contributed by atoms with Crippen molar-refractivity contribution in [1.29, 1.82) is 0 Å². The molecule has 0 saturated heterocycles. The zero-order chi connectivity index (χ0) is 20.1. The number of nitrogens with one attached hydrogen (secondary N) is 2. The summed E-state index contributed by atoms with van der Waals surface area (Å²) >= 11 is 0. The second kappa shape index (κ2) is 8.52. The van der Waals surface area contributed by atoms with Gasteiger partial charge in [0.05, 0.1) is 17.9 Å². The number of aromatic nitrogens is 2. The van der Waals surface area contributed by atoms with Crippen molar-refractivity contribution in [2.75, 3.05) is 17.2 Å². The van der Waals surface area contributed by atoms with E-state index in [-0.39, 0.29) is 5.97 Å². The summed E-state index contributed by atoms with van der Waals surface area (Å²) in [5.41, 5.74) is 4.50. The minimum Gasteiger partial charge on any atom is -0.462 e. The Morgan fingerprint density at radius 1 is 0.929 bits per heavy atom. The molecular weight excluding hydrogens is 352 g/mol. The van der Waals surface area contributed by atoms with Crippen LogP contribution in [0.4, 0.5) is 23.0 Å². The fourth-order valence-electron chi connectivity index (χ4n) is 2.78. The van der Waals surface area contributed by atoms with Crippen molar-refractivity contribution in [1.82, 2.24) is 9.97 Å². The number of anilines is 4. The molecule has 0 bridgehead atoms. The topological polar surface area (TPSA) is 76.1 Å². The van der Waals surface area contributed by atoms with Crippen molar-refractivity contribution < 1.29 is 9.53 Å². The van der Waals surface area contributed by atoms with E-state index in [4.69, 9.17) is 4.74 Å². The molecule has 0 unspecified atom stereocenters. The van der Waals surface area contributed by atoms with Gasteiger partial charge >= 0.3 is 5.97 Å². The largest absolute Gasteiger partial charge is 0.462 e. The minimum atomic E-state index is -0.371. The SMILES string of the molecule is CCOC(=O)c1ccccc1Nc1cc(Nc2ccc(C)c(C)c2)nc(C)n1. The van der Waals surface area contributed by atoms with E-state index in [0.29, 0.717) is 35.3 Å². The molecule has 6 heteroatoms. The Bertz CT molecular complexity index is 1000. The molecule has 3 aromatic rings. The van der Waals surface area contributed by atoms with Gasteiger partial charge < -0.3 is 15.4 Å². The lowest BCUT2D eigenvalue weighted by Crippen LogP contribution is -2.09. The monoisotopic (exact) mass is 376 g/mol. The summed E-state index contributed by atoms with van der Waals surface area (Å²) in [7, 11) is 0. The number of carbonyl (C=O) groups excluding carboxylic acids is 1. The highest BCUT2D eigenvalue weighted by Gasteiger charge is 2.13. The molecule has 0 aliphatic heterocycles. The maximum Gasteiger partial charge on any atom is 0.340 e. The van der Waals surface area contributed by atoms with E-state index in [1.54, 1.807) is 19.1 Å². The first-order valence-electron chi connectivity index (χ1n) is 9.19. The van der Waals surface area contributed by atoms with Gasteiger partial charge in [-0.2, -0.15) is 0 Å².